The maximum absolute atomic E-state index is 12.3. The quantitative estimate of drug-likeness (QED) is 0.429. The number of halogens is 1. The van der Waals surface area contributed by atoms with Crippen LogP contribution in [0.15, 0.2) is 53.5 Å². The van der Waals surface area contributed by atoms with Crippen LogP contribution in [0.3, 0.4) is 0 Å². The second kappa shape index (κ2) is 6.76. The summed E-state index contributed by atoms with van der Waals surface area (Å²) in [6.07, 6.45) is 0. The molecule has 0 aliphatic carbocycles. The molecule has 23 heavy (non-hydrogen) atoms. The van der Waals surface area contributed by atoms with Gasteiger partial charge in [0.2, 0.25) is 0 Å². The number of hydrogen-bond donors (Lipinski definition) is 2. The number of benzene rings is 2. The van der Waals surface area contributed by atoms with E-state index in [4.69, 9.17) is 17.3 Å². The van der Waals surface area contributed by atoms with Crippen LogP contribution >= 0.6 is 22.9 Å². The molecule has 7 heteroatoms. The molecule has 0 aliphatic heterocycles. The third kappa shape index (κ3) is 3.67. The summed E-state index contributed by atoms with van der Waals surface area (Å²) in [6.45, 7) is 0. The molecule has 3 aromatic rings. The number of thiazole rings is 1. The number of fused-ring (bicyclic) bond motifs is 1. The number of amides is 1. The van der Waals surface area contributed by atoms with Crippen LogP contribution in [-0.2, 0) is 0 Å². The molecule has 0 atom stereocenters. The third-order valence-corrected chi connectivity index (χ3v) is 4.28. The number of aliphatic imine (C=N–C) groups is 1. The van der Waals surface area contributed by atoms with E-state index >= 15 is 0 Å². The van der Waals surface area contributed by atoms with Gasteiger partial charge >= 0.3 is 0 Å². The summed E-state index contributed by atoms with van der Waals surface area (Å²) in [5.74, 6) is 0.281. The number of nitrogens with one attached hydrogen (secondary N) is 1. The van der Waals surface area contributed by atoms with Crippen LogP contribution in [-0.4, -0.2) is 22.6 Å². The topological polar surface area (TPSA) is 80.4 Å². The smallest absolute Gasteiger partial charge is 0.257 e. The Balaban J connectivity index is 1.75. The molecule has 0 unspecified atom stereocenters. The van der Waals surface area contributed by atoms with Gasteiger partial charge in [0.15, 0.2) is 5.13 Å². The summed E-state index contributed by atoms with van der Waals surface area (Å²) in [5, 5.41) is 3.38. The van der Waals surface area contributed by atoms with E-state index in [1.165, 1.54) is 11.3 Å². The van der Waals surface area contributed by atoms with Crippen LogP contribution in [0.25, 0.3) is 10.2 Å². The van der Waals surface area contributed by atoms with Gasteiger partial charge in [-0.2, -0.15) is 0 Å². The lowest BCUT2D eigenvalue weighted by atomic mass is 10.2. The molecule has 0 radical (unpaired) electrons. The summed E-state index contributed by atoms with van der Waals surface area (Å²) in [4.78, 5) is 20.7. The van der Waals surface area contributed by atoms with Crippen LogP contribution in [0.1, 0.15) is 10.4 Å². The minimum atomic E-state index is -0.218. The molecule has 1 heterocycles. The second-order valence-corrected chi connectivity index (χ2v) is 6.02. The molecule has 116 valence electrons. The average Bonchev–Trinajstić information content (AvgIpc) is 2.97. The Morgan fingerprint density at radius 3 is 2.65 bits per heavy atom. The molecule has 0 saturated heterocycles. The molecule has 1 amide bonds. The molecule has 0 bridgehead atoms. The number of para-hydroxylation sites is 1. The van der Waals surface area contributed by atoms with Crippen LogP contribution in [0, 0.1) is 0 Å². The van der Waals surface area contributed by atoms with Gasteiger partial charge in [-0.15, -0.1) is 11.6 Å². The molecule has 0 saturated carbocycles. The second-order valence-electron chi connectivity index (χ2n) is 4.72. The van der Waals surface area contributed by atoms with E-state index < -0.39 is 0 Å². The molecule has 2 aromatic carbocycles. The van der Waals surface area contributed by atoms with Crippen LogP contribution in [0.5, 0.6) is 0 Å². The highest BCUT2D eigenvalue weighted by molar-refractivity contribution is 7.22. The van der Waals surface area contributed by atoms with Crippen molar-refractivity contribution in [3.63, 3.8) is 0 Å². The van der Waals surface area contributed by atoms with E-state index in [1.54, 1.807) is 24.3 Å². The normalized spacial score (nSPS) is 11.6. The standard InChI is InChI=1S/C16H13ClN4OS/c17-9-14(18)19-11-7-5-10(6-8-11)15(22)21-16-20-12-3-1-2-4-13(12)23-16/h1-8H,9H2,(H2,18,19)(H,20,21,22). The Bertz CT molecular complexity index is 840. The number of nitrogens with zero attached hydrogens (tertiary/aromatic N) is 2. The van der Waals surface area contributed by atoms with Gasteiger partial charge in [0.25, 0.3) is 5.91 Å². The van der Waals surface area contributed by atoms with Gasteiger partial charge in [-0.1, -0.05) is 23.5 Å². The molecular weight excluding hydrogens is 332 g/mol. The molecule has 3 N–H and O–H groups in total. The van der Waals surface area contributed by atoms with Crippen LogP contribution < -0.4 is 11.1 Å². The van der Waals surface area contributed by atoms with Crippen LogP contribution in [0.2, 0.25) is 0 Å². The van der Waals surface area contributed by atoms with Gasteiger partial charge in [-0.05, 0) is 36.4 Å². The largest absolute Gasteiger partial charge is 0.386 e. The van der Waals surface area contributed by atoms with Gasteiger partial charge in [-0.3, -0.25) is 10.1 Å². The number of hydrogen-bond acceptors (Lipinski definition) is 4. The van der Waals surface area contributed by atoms with Crippen molar-refractivity contribution in [2.24, 2.45) is 10.7 Å². The van der Waals surface area contributed by atoms with Gasteiger partial charge in [0.1, 0.15) is 5.84 Å². The highest BCUT2D eigenvalue weighted by atomic mass is 35.5. The fourth-order valence-electron chi connectivity index (χ4n) is 1.98. The number of nitrogens with two attached hydrogens (primary N) is 1. The summed E-state index contributed by atoms with van der Waals surface area (Å²) < 4.78 is 1.03. The van der Waals surface area contributed by atoms with Gasteiger partial charge in [0, 0.05) is 5.56 Å². The minimum absolute atomic E-state index is 0.167. The fraction of sp³-hybridized carbons (Fsp3) is 0.0625. The van der Waals surface area contributed by atoms with Crippen molar-refractivity contribution in [2.75, 3.05) is 11.2 Å². The summed E-state index contributed by atoms with van der Waals surface area (Å²) >= 11 is 7.02. The van der Waals surface area contributed by atoms with Crippen molar-refractivity contribution in [3.8, 4) is 0 Å². The summed E-state index contributed by atoms with van der Waals surface area (Å²) in [6, 6.07) is 14.5. The van der Waals surface area contributed by atoms with Gasteiger partial charge < -0.3 is 5.73 Å². The zero-order valence-corrected chi connectivity index (χ0v) is 13.6. The first-order chi connectivity index (χ1) is 11.2. The number of amidine groups is 1. The van der Waals surface area contributed by atoms with Crippen molar-refractivity contribution in [3.05, 3.63) is 54.1 Å². The van der Waals surface area contributed by atoms with Crippen molar-refractivity contribution in [2.45, 2.75) is 0 Å². The first-order valence-electron chi connectivity index (χ1n) is 6.82. The number of carbonyl (C=O) groups is 1. The van der Waals surface area contributed by atoms with E-state index in [0.717, 1.165) is 10.2 Å². The SMILES string of the molecule is NC(CCl)=Nc1ccc(C(=O)Nc2nc3ccccc3s2)cc1. The number of rotatable bonds is 4. The maximum atomic E-state index is 12.3. The Hall–Kier alpha value is -2.44. The lowest BCUT2D eigenvalue weighted by molar-refractivity contribution is 0.102. The monoisotopic (exact) mass is 344 g/mol. The fourth-order valence-corrected chi connectivity index (χ4v) is 2.90. The zero-order chi connectivity index (χ0) is 16.2. The van der Waals surface area contributed by atoms with Crippen molar-refractivity contribution in [1.29, 1.82) is 0 Å². The Morgan fingerprint density at radius 2 is 1.96 bits per heavy atom. The highest BCUT2D eigenvalue weighted by Crippen LogP contribution is 2.25. The molecule has 5 nitrogen and oxygen atoms in total. The van der Waals surface area contributed by atoms with Gasteiger partial charge in [-0.25, -0.2) is 9.98 Å². The van der Waals surface area contributed by atoms with Crippen LogP contribution in [0.4, 0.5) is 10.8 Å². The zero-order valence-electron chi connectivity index (χ0n) is 12.0. The summed E-state index contributed by atoms with van der Waals surface area (Å²) in [7, 11) is 0. The molecular formula is C16H13ClN4OS. The third-order valence-electron chi connectivity index (χ3n) is 3.05. The average molecular weight is 345 g/mol. The van der Waals surface area contributed by atoms with Crippen molar-refractivity contribution >= 4 is 55.7 Å². The predicted molar refractivity (Wildman–Crippen MR) is 96.0 cm³/mol. The molecule has 1 aromatic heterocycles. The van der Waals surface area contributed by atoms with Crippen molar-refractivity contribution < 1.29 is 4.79 Å². The minimum Gasteiger partial charge on any atom is -0.386 e. The first kappa shape index (κ1) is 15.5. The molecule has 0 spiro atoms. The van der Waals surface area contributed by atoms with E-state index in [1.807, 2.05) is 24.3 Å². The number of alkyl halides is 1. The van der Waals surface area contributed by atoms with E-state index in [-0.39, 0.29) is 11.8 Å². The van der Waals surface area contributed by atoms with E-state index in [0.29, 0.717) is 22.2 Å². The van der Waals surface area contributed by atoms with Crippen molar-refractivity contribution in [1.82, 2.24) is 4.98 Å². The number of carbonyl (C=O) groups excluding carboxylic acids is 1. The lowest BCUT2D eigenvalue weighted by Gasteiger charge is -2.02. The Kier molecular flexibility index (Phi) is 4.55. The first-order valence-corrected chi connectivity index (χ1v) is 8.17. The lowest BCUT2D eigenvalue weighted by Crippen LogP contribution is -2.12. The Labute approximate surface area is 141 Å². The Morgan fingerprint density at radius 1 is 1.22 bits per heavy atom. The molecule has 3 rings (SSSR count). The number of aromatic nitrogens is 1. The maximum Gasteiger partial charge on any atom is 0.257 e. The summed E-state index contributed by atoms with van der Waals surface area (Å²) in [5.41, 5.74) is 7.62. The van der Waals surface area contributed by atoms with E-state index in [2.05, 4.69) is 15.3 Å². The highest BCUT2D eigenvalue weighted by Gasteiger charge is 2.09. The van der Waals surface area contributed by atoms with E-state index in [9.17, 15) is 4.79 Å². The number of anilines is 1. The molecule has 0 fully saturated rings. The van der Waals surface area contributed by atoms with Gasteiger partial charge in [0.05, 0.1) is 21.8 Å². The predicted octanol–water partition coefficient (Wildman–Crippen LogP) is 3.78. The molecule has 0 aliphatic rings.